The molecule has 1 aromatic rings. The average Bonchev–Trinajstić information content (AvgIpc) is 2.36. The zero-order valence-electron chi connectivity index (χ0n) is 10.7. The maximum Gasteiger partial charge on any atom is 0.243 e. The van der Waals surface area contributed by atoms with E-state index in [0.717, 1.165) is 7.05 Å². The van der Waals surface area contributed by atoms with Gasteiger partial charge in [-0.05, 0) is 12.1 Å². The van der Waals surface area contributed by atoms with Crippen LogP contribution in [0, 0.1) is 0 Å². The molecule has 0 N–H and O–H groups in total. The number of nitrogens with zero attached hydrogens (tertiary/aromatic N) is 1. The van der Waals surface area contributed by atoms with Gasteiger partial charge in [0.1, 0.15) is 0 Å². The van der Waals surface area contributed by atoms with Crippen LogP contribution in [0.2, 0.25) is 0 Å². The lowest BCUT2D eigenvalue weighted by Gasteiger charge is -2.18. The molecule has 0 heterocycles. The van der Waals surface area contributed by atoms with Gasteiger partial charge in [-0.1, -0.05) is 0 Å². The number of benzene rings is 1. The average molecular weight is 288 g/mol. The Labute approximate surface area is 111 Å². The fourth-order valence-corrected chi connectivity index (χ4v) is 2.55. The van der Waals surface area contributed by atoms with Crippen LogP contribution in [0.3, 0.4) is 0 Å². The highest BCUT2D eigenvalue weighted by molar-refractivity contribution is 7.89. The molecular formula is C11H14NO6S-. The molecule has 19 heavy (non-hydrogen) atoms. The molecule has 0 amide bonds. The Morgan fingerprint density at radius 1 is 1.26 bits per heavy atom. The number of hydrogen-bond donors (Lipinski definition) is 0. The molecule has 0 bridgehead atoms. The molecule has 1 aromatic carbocycles. The third-order valence-corrected chi connectivity index (χ3v) is 4.21. The van der Waals surface area contributed by atoms with E-state index in [1.54, 1.807) is 0 Å². The Hall–Kier alpha value is -1.80. The largest absolute Gasteiger partial charge is 0.549 e. The summed E-state index contributed by atoms with van der Waals surface area (Å²) < 4.78 is 34.8. The van der Waals surface area contributed by atoms with Crippen LogP contribution in [0.25, 0.3) is 0 Å². The molecule has 0 aliphatic carbocycles. The van der Waals surface area contributed by atoms with Crippen LogP contribution in [-0.4, -0.2) is 46.5 Å². The summed E-state index contributed by atoms with van der Waals surface area (Å²) in [5, 5.41) is 10.4. The van der Waals surface area contributed by atoms with Crippen LogP contribution in [0.15, 0.2) is 23.1 Å². The predicted octanol–water partition coefficient (Wildman–Crippen LogP) is -0.926. The molecule has 1 rings (SSSR count). The minimum Gasteiger partial charge on any atom is -0.549 e. The van der Waals surface area contributed by atoms with Crippen LogP contribution in [0.1, 0.15) is 0 Å². The molecule has 8 heteroatoms. The van der Waals surface area contributed by atoms with Gasteiger partial charge in [0.05, 0.1) is 31.6 Å². The Kier molecular flexibility index (Phi) is 4.73. The fraction of sp³-hybridized carbons (Fsp3) is 0.364. The van der Waals surface area contributed by atoms with Gasteiger partial charge in [0.15, 0.2) is 11.5 Å². The van der Waals surface area contributed by atoms with E-state index in [1.165, 1.54) is 32.4 Å². The molecule has 0 aliphatic rings. The molecule has 0 aliphatic heterocycles. The summed E-state index contributed by atoms with van der Waals surface area (Å²) in [5.74, 6) is -0.860. The number of aliphatic carboxylic acids is 1. The predicted molar refractivity (Wildman–Crippen MR) is 64.4 cm³/mol. The van der Waals surface area contributed by atoms with Gasteiger partial charge in [-0.15, -0.1) is 0 Å². The van der Waals surface area contributed by atoms with Gasteiger partial charge in [-0.25, -0.2) is 8.42 Å². The molecule has 0 saturated heterocycles. The first-order chi connectivity index (χ1) is 8.82. The summed E-state index contributed by atoms with van der Waals surface area (Å²) in [6.45, 7) is -0.726. The van der Waals surface area contributed by atoms with E-state index in [1.807, 2.05) is 0 Å². The number of methoxy groups -OCH3 is 2. The molecule has 0 unspecified atom stereocenters. The Bertz CT molecular complexity index is 569. The normalized spacial score (nSPS) is 11.4. The molecule has 106 valence electrons. The van der Waals surface area contributed by atoms with Crippen molar-refractivity contribution in [3.8, 4) is 11.5 Å². The summed E-state index contributed by atoms with van der Waals surface area (Å²) in [5.41, 5.74) is 0. The van der Waals surface area contributed by atoms with Crippen LogP contribution < -0.4 is 14.6 Å². The monoisotopic (exact) mass is 288 g/mol. The summed E-state index contributed by atoms with van der Waals surface area (Å²) in [4.78, 5) is 10.4. The second-order valence-corrected chi connectivity index (χ2v) is 5.69. The van der Waals surface area contributed by atoms with Gasteiger partial charge >= 0.3 is 0 Å². The first kappa shape index (κ1) is 15.3. The van der Waals surface area contributed by atoms with Crippen molar-refractivity contribution in [1.29, 1.82) is 0 Å². The maximum absolute atomic E-state index is 12.1. The lowest BCUT2D eigenvalue weighted by molar-refractivity contribution is -0.305. The van der Waals surface area contributed by atoms with Gasteiger partial charge in [0, 0.05) is 13.1 Å². The molecular weight excluding hydrogens is 274 g/mol. The standard InChI is InChI=1S/C11H15NO6S/c1-12(7-11(13)14)19(15,16)8-4-5-9(17-2)10(6-8)18-3/h4-6H,7H2,1-3H3,(H,13,14)/p-1. The van der Waals surface area contributed by atoms with Crippen molar-refractivity contribution in [2.75, 3.05) is 27.8 Å². The van der Waals surface area contributed by atoms with Crippen molar-refractivity contribution in [2.24, 2.45) is 0 Å². The highest BCUT2D eigenvalue weighted by Gasteiger charge is 2.22. The molecule has 0 atom stereocenters. The lowest BCUT2D eigenvalue weighted by atomic mass is 10.3. The number of carbonyl (C=O) groups excluding carboxylic acids is 1. The summed E-state index contributed by atoms with van der Waals surface area (Å²) >= 11 is 0. The fourth-order valence-electron chi connectivity index (χ4n) is 1.42. The number of carbonyl (C=O) groups is 1. The molecule has 0 aromatic heterocycles. The van der Waals surface area contributed by atoms with Crippen LogP contribution in [0.4, 0.5) is 0 Å². The van der Waals surface area contributed by atoms with Gasteiger partial charge in [0.2, 0.25) is 10.0 Å². The smallest absolute Gasteiger partial charge is 0.243 e. The Balaban J connectivity index is 3.18. The molecule has 0 spiro atoms. The first-order valence-corrected chi connectivity index (χ1v) is 6.65. The number of sulfonamides is 1. The van der Waals surface area contributed by atoms with Crippen LogP contribution in [0.5, 0.6) is 11.5 Å². The van der Waals surface area contributed by atoms with Gasteiger partial charge in [0.25, 0.3) is 0 Å². The minimum absolute atomic E-state index is 0.0890. The highest BCUT2D eigenvalue weighted by atomic mass is 32.2. The highest BCUT2D eigenvalue weighted by Crippen LogP contribution is 2.30. The number of ether oxygens (including phenoxy) is 2. The zero-order chi connectivity index (χ0) is 14.6. The van der Waals surface area contributed by atoms with E-state index in [-0.39, 0.29) is 10.6 Å². The van der Waals surface area contributed by atoms with Crippen LogP contribution in [-0.2, 0) is 14.8 Å². The SMILES string of the molecule is COc1ccc(S(=O)(=O)N(C)CC(=O)[O-])cc1OC. The van der Waals surface area contributed by atoms with Crippen molar-refractivity contribution >= 4 is 16.0 Å². The van der Waals surface area contributed by atoms with Crippen molar-refractivity contribution in [3.63, 3.8) is 0 Å². The van der Waals surface area contributed by atoms with Crippen LogP contribution >= 0.6 is 0 Å². The third-order valence-electron chi connectivity index (χ3n) is 2.41. The number of likely N-dealkylation sites (N-methyl/N-ethyl adjacent to an activating group) is 1. The van der Waals surface area contributed by atoms with Crippen molar-refractivity contribution < 1.29 is 27.8 Å². The Morgan fingerprint density at radius 2 is 1.84 bits per heavy atom. The summed E-state index contributed by atoms with van der Waals surface area (Å²) in [6, 6.07) is 4.00. The maximum atomic E-state index is 12.1. The Morgan fingerprint density at radius 3 is 2.32 bits per heavy atom. The van der Waals surface area contributed by atoms with Crippen molar-refractivity contribution in [1.82, 2.24) is 4.31 Å². The lowest BCUT2D eigenvalue weighted by Crippen LogP contribution is -2.39. The van der Waals surface area contributed by atoms with Crippen molar-refractivity contribution in [2.45, 2.75) is 4.90 Å². The van der Waals surface area contributed by atoms with Gasteiger partial charge in [-0.3, -0.25) is 0 Å². The van der Waals surface area contributed by atoms with Crippen molar-refractivity contribution in [3.05, 3.63) is 18.2 Å². The second kappa shape index (κ2) is 5.89. The number of hydrogen-bond acceptors (Lipinski definition) is 6. The van der Waals surface area contributed by atoms with E-state index >= 15 is 0 Å². The van der Waals surface area contributed by atoms with E-state index in [0.29, 0.717) is 10.1 Å². The van der Waals surface area contributed by atoms with E-state index in [2.05, 4.69) is 0 Å². The minimum atomic E-state index is -3.91. The molecule has 0 radical (unpaired) electrons. The number of rotatable bonds is 6. The van der Waals surface area contributed by atoms with Gasteiger partial charge in [-0.2, -0.15) is 4.31 Å². The second-order valence-electron chi connectivity index (χ2n) is 3.65. The summed E-state index contributed by atoms with van der Waals surface area (Å²) in [6.07, 6.45) is 0. The number of carboxylic acid groups (broad SMARTS) is 1. The third kappa shape index (κ3) is 3.36. The quantitative estimate of drug-likeness (QED) is 0.671. The summed E-state index contributed by atoms with van der Waals surface area (Å²) in [7, 11) is 0.0389. The molecule has 0 saturated carbocycles. The first-order valence-electron chi connectivity index (χ1n) is 5.21. The van der Waals surface area contributed by atoms with E-state index in [4.69, 9.17) is 9.47 Å². The van der Waals surface area contributed by atoms with E-state index in [9.17, 15) is 18.3 Å². The zero-order valence-corrected chi connectivity index (χ0v) is 11.6. The topological polar surface area (TPSA) is 96.0 Å². The van der Waals surface area contributed by atoms with E-state index < -0.39 is 22.5 Å². The molecule has 0 fully saturated rings. The van der Waals surface area contributed by atoms with Gasteiger partial charge < -0.3 is 19.4 Å². The molecule has 7 nitrogen and oxygen atoms in total. The number of carboxylic acids is 1.